The van der Waals surface area contributed by atoms with Gasteiger partial charge in [0.15, 0.2) is 5.75 Å². The van der Waals surface area contributed by atoms with Crippen molar-refractivity contribution in [3.05, 3.63) is 11.9 Å². The van der Waals surface area contributed by atoms with Crippen LogP contribution in [0.15, 0.2) is 6.20 Å². The minimum Gasteiger partial charge on any atom is -0.493 e. The van der Waals surface area contributed by atoms with Gasteiger partial charge in [-0.05, 0) is 20.5 Å². The van der Waals surface area contributed by atoms with E-state index in [1.54, 1.807) is 20.4 Å². The van der Waals surface area contributed by atoms with Gasteiger partial charge < -0.3 is 20.1 Å². The van der Waals surface area contributed by atoms with Gasteiger partial charge >= 0.3 is 0 Å². The summed E-state index contributed by atoms with van der Waals surface area (Å²) in [5.41, 5.74) is 7.12. The summed E-state index contributed by atoms with van der Waals surface area (Å²) in [4.78, 5) is 2.11. The molecule has 1 unspecified atom stereocenters. The number of nitrogens with two attached hydrogens (primary N) is 1. The van der Waals surface area contributed by atoms with Crippen LogP contribution >= 0.6 is 0 Å². The number of rotatable bonds is 8. The Kier molecular flexibility index (Phi) is 6.11. The number of nitrogens with zero attached hydrogens (tertiary/aromatic N) is 3. The Balaban J connectivity index is 2.80. The molecular formula is C12H24N4O2. The maximum atomic E-state index is 6.17. The van der Waals surface area contributed by atoms with Gasteiger partial charge in [0, 0.05) is 20.3 Å². The average molecular weight is 256 g/mol. The maximum absolute atomic E-state index is 6.17. The van der Waals surface area contributed by atoms with Gasteiger partial charge in [-0.3, -0.25) is 4.68 Å². The molecule has 0 radical (unpaired) electrons. The van der Waals surface area contributed by atoms with Crippen molar-refractivity contribution in [1.82, 2.24) is 14.7 Å². The molecule has 0 aliphatic rings. The summed E-state index contributed by atoms with van der Waals surface area (Å²) >= 11 is 0. The normalized spacial score (nSPS) is 13.0. The van der Waals surface area contributed by atoms with E-state index in [4.69, 9.17) is 15.2 Å². The zero-order chi connectivity index (χ0) is 13.5. The zero-order valence-electron chi connectivity index (χ0n) is 11.7. The largest absolute Gasteiger partial charge is 0.493 e. The van der Waals surface area contributed by atoms with Crippen molar-refractivity contribution in [1.29, 1.82) is 0 Å². The lowest BCUT2D eigenvalue weighted by molar-refractivity contribution is 0.186. The van der Waals surface area contributed by atoms with Gasteiger partial charge in [-0.25, -0.2) is 0 Å². The van der Waals surface area contributed by atoms with Crippen LogP contribution in [-0.4, -0.2) is 56.1 Å². The van der Waals surface area contributed by atoms with Crippen molar-refractivity contribution in [3.8, 4) is 5.75 Å². The molecule has 0 aliphatic heterocycles. The van der Waals surface area contributed by atoms with E-state index in [1.807, 2.05) is 18.8 Å². The number of likely N-dealkylation sites (N-methyl/N-ethyl adjacent to an activating group) is 1. The first-order chi connectivity index (χ1) is 8.60. The molecule has 0 amide bonds. The summed E-state index contributed by atoms with van der Waals surface area (Å²) in [5.74, 6) is 0.748. The molecule has 1 rings (SSSR count). The molecule has 104 valence electrons. The van der Waals surface area contributed by atoms with Crippen LogP contribution in [0.1, 0.15) is 18.2 Å². The van der Waals surface area contributed by atoms with E-state index in [0.717, 1.165) is 31.0 Å². The molecule has 18 heavy (non-hydrogen) atoms. The molecule has 1 aromatic heterocycles. The molecular weight excluding hydrogens is 232 g/mol. The van der Waals surface area contributed by atoms with E-state index >= 15 is 0 Å². The zero-order valence-corrected chi connectivity index (χ0v) is 11.7. The van der Waals surface area contributed by atoms with Crippen molar-refractivity contribution in [3.63, 3.8) is 0 Å². The fourth-order valence-electron chi connectivity index (χ4n) is 1.76. The van der Waals surface area contributed by atoms with Crippen molar-refractivity contribution in [2.45, 2.75) is 19.0 Å². The van der Waals surface area contributed by atoms with Crippen molar-refractivity contribution in [2.75, 3.05) is 41.5 Å². The Morgan fingerprint density at radius 3 is 2.72 bits per heavy atom. The molecule has 0 fully saturated rings. The SMILES string of the molecule is COCCC(N)c1c(OC)cnn1CCN(C)C. The molecule has 0 aromatic carbocycles. The molecule has 1 heterocycles. The molecule has 6 heteroatoms. The van der Waals surface area contributed by atoms with Crippen molar-refractivity contribution >= 4 is 0 Å². The summed E-state index contributed by atoms with van der Waals surface area (Å²) in [7, 11) is 7.38. The lowest BCUT2D eigenvalue weighted by atomic mass is 10.1. The van der Waals surface area contributed by atoms with Gasteiger partial charge in [-0.15, -0.1) is 0 Å². The van der Waals surface area contributed by atoms with E-state index < -0.39 is 0 Å². The van der Waals surface area contributed by atoms with Gasteiger partial charge in [-0.2, -0.15) is 5.10 Å². The van der Waals surface area contributed by atoms with Gasteiger partial charge in [0.05, 0.1) is 31.6 Å². The van der Waals surface area contributed by atoms with Crippen LogP contribution < -0.4 is 10.5 Å². The van der Waals surface area contributed by atoms with E-state index in [9.17, 15) is 0 Å². The number of aromatic nitrogens is 2. The Morgan fingerprint density at radius 1 is 1.44 bits per heavy atom. The third kappa shape index (κ3) is 3.97. The molecule has 0 saturated carbocycles. The van der Waals surface area contributed by atoms with Crippen LogP contribution in [0, 0.1) is 0 Å². The van der Waals surface area contributed by atoms with Gasteiger partial charge in [0.1, 0.15) is 0 Å². The van der Waals surface area contributed by atoms with Crippen LogP contribution in [0.5, 0.6) is 5.75 Å². The maximum Gasteiger partial charge on any atom is 0.161 e. The highest BCUT2D eigenvalue weighted by atomic mass is 16.5. The summed E-state index contributed by atoms with van der Waals surface area (Å²) in [5, 5.41) is 4.33. The first-order valence-corrected chi connectivity index (χ1v) is 6.09. The second kappa shape index (κ2) is 7.35. The predicted octanol–water partition coefficient (Wildman–Crippen LogP) is 0.490. The molecule has 0 spiro atoms. The fraction of sp³-hybridized carbons (Fsp3) is 0.750. The minimum atomic E-state index is -0.121. The molecule has 6 nitrogen and oxygen atoms in total. The van der Waals surface area contributed by atoms with Gasteiger partial charge in [0.25, 0.3) is 0 Å². The highest BCUT2D eigenvalue weighted by Crippen LogP contribution is 2.25. The van der Waals surface area contributed by atoms with E-state index in [1.165, 1.54) is 0 Å². The number of methoxy groups -OCH3 is 2. The van der Waals surface area contributed by atoms with Crippen molar-refractivity contribution < 1.29 is 9.47 Å². The Morgan fingerprint density at radius 2 is 2.17 bits per heavy atom. The van der Waals surface area contributed by atoms with Crippen LogP contribution in [0.4, 0.5) is 0 Å². The number of ether oxygens (including phenoxy) is 2. The third-order valence-electron chi connectivity index (χ3n) is 2.81. The molecule has 1 aromatic rings. The minimum absolute atomic E-state index is 0.121. The summed E-state index contributed by atoms with van der Waals surface area (Å²) < 4.78 is 12.3. The first kappa shape index (κ1) is 14.9. The van der Waals surface area contributed by atoms with E-state index in [0.29, 0.717) is 6.61 Å². The molecule has 0 saturated heterocycles. The quantitative estimate of drug-likeness (QED) is 0.733. The lowest BCUT2D eigenvalue weighted by Crippen LogP contribution is -2.23. The fourth-order valence-corrected chi connectivity index (χ4v) is 1.76. The summed E-state index contributed by atoms with van der Waals surface area (Å²) in [6.07, 6.45) is 2.47. The molecule has 2 N–H and O–H groups in total. The van der Waals surface area contributed by atoms with Crippen LogP contribution in [0.3, 0.4) is 0 Å². The first-order valence-electron chi connectivity index (χ1n) is 6.09. The van der Waals surface area contributed by atoms with Crippen molar-refractivity contribution in [2.24, 2.45) is 5.73 Å². The Hall–Kier alpha value is -1.11. The second-order valence-electron chi connectivity index (χ2n) is 4.51. The average Bonchev–Trinajstić information content (AvgIpc) is 2.76. The lowest BCUT2D eigenvalue weighted by Gasteiger charge is -2.17. The van der Waals surface area contributed by atoms with Gasteiger partial charge in [-0.1, -0.05) is 0 Å². The van der Waals surface area contributed by atoms with E-state index in [-0.39, 0.29) is 6.04 Å². The predicted molar refractivity (Wildman–Crippen MR) is 70.8 cm³/mol. The number of hydrogen-bond donors (Lipinski definition) is 1. The summed E-state index contributed by atoms with van der Waals surface area (Å²) in [6, 6.07) is -0.121. The third-order valence-corrected chi connectivity index (χ3v) is 2.81. The highest BCUT2D eigenvalue weighted by molar-refractivity contribution is 5.28. The second-order valence-corrected chi connectivity index (χ2v) is 4.51. The highest BCUT2D eigenvalue weighted by Gasteiger charge is 2.18. The smallest absolute Gasteiger partial charge is 0.161 e. The summed E-state index contributed by atoms with van der Waals surface area (Å²) in [6.45, 7) is 2.34. The molecule has 0 aliphatic carbocycles. The van der Waals surface area contributed by atoms with Crippen LogP contribution in [0.25, 0.3) is 0 Å². The monoisotopic (exact) mass is 256 g/mol. The van der Waals surface area contributed by atoms with Crippen LogP contribution in [0.2, 0.25) is 0 Å². The molecule has 1 atom stereocenters. The topological polar surface area (TPSA) is 65.5 Å². The standard InChI is InChI=1S/C12H24N4O2/c1-15(2)6-7-16-12(10(13)5-8-17-3)11(18-4)9-14-16/h9-10H,5-8,13H2,1-4H3. The van der Waals surface area contributed by atoms with Gasteiger partial charge in [0.2, 0.25) is 0 Å². The molecule has 0 bridgehead atoms. The Labute approximate surface area is 109 Å². The Bertz CT molecular complexity index is 352. The van der Waals surface area contributed by atoms with Crippen LogP contribution in [-0.2, 0) is 11.3 Å². The number of hydrogen-bond acceptors (Lipinski definition) is 5. The van der Waals surface area contributed by atoms with E-state index in [2.05, 4.69) is 10.00 Å².